The maximum atomic E-state index is 12.0. The number of hydrogen-bond donors (Lipinski definition) is 1. The smallest absolute Gasteiger partial charge is 0.276 e. The molecular weight excluding hydrogens is 314 g/mol. The summed E-state index contributed by atoms with van der Waals surface area (Å²) in [5.41, 5.74) is 1.65. The van der Waals surface area contributed by atoms with Crippen molar-refractivity contribution in [1.29, 1.82) is 0 Å². The maximum absolute atomic E-state index is 12.0. The van der Waals surface area contributed by atoms with Gasteiger partial charge in [-0.05, 0) is 17.7 Å². The standard InChI is InChI=1S/C16H13N3OS2/c20-15(13-8-4-5-9-17-13)19-16-18-10-14(22-16)21-11-12-6-2-1-3-7-12/h1-10H,11H2,(H,18,19,20). The highest BCUT2D eigenvalue weighted by atomic mass is 32.2. The van der Waals surface area contributed by atoms with E-state index in [4.69, 9.17) is 0 Å². The Kier molecular flexibility index (Phi) is 4.82. The zero-order valence-corrected chi connectivity index (χ0v) is 13.2. The van der Waals surface area contributed by atoms with E-state index in [0.29, 0.717) is 10.8 Å². The van der Waals surface area contributed by atoms with Crippen molar-refractivity contribution in [1.82, 2.24) is 9.97 Å². The van der Waals surface area contributed by atoms with Crippen molar-refractivity contribution in [3.8, 4) is 0 Å². The molecule has 0 aliphatic rings. The minimum absolute atomic E-state index is 0.241. The molecule has 110 valence electrons. The second kappa shape index (κ2) is 7.20. The lowest BCUT2D eigenvalue weighted by molar-refractivity contribution is 0.102. The third kappa shape index (κ3) is 3.93. The molecule has 0 saturated carbocycles. The highest BCUT2D eigenvalue weighted by Crippen LogP contribution is 2.30. The Hall–Kier alpha value is -2.18. The average Bonchev–Trinajstić information content (AvgIpc) is 3.02. The molecule has 0 saturated heterocycles. The van der Waals surface area contributed by atoms with Crippen LogP contribution in [0.25, 0.3) is 0 Å². The largest absolute Gasteiger partial charge is 0.296 e. The number of benzene rings is 1. The monoisotopic (exact) mass is 327 g/mol. The number of pyridine rings is 1. The summed E-state index contributed by atoms with van der Waals surface area (Å²) in [5.74, 6) is 0.644. The van der Waals surface area contributed by atoms with Gasteiger partial charge in [-0.25, -0.2) is 4.98 Å². The third-order valence-electron chi connectivity index (χ3n) is 2.83. The fraction of sp³-hybridized carbons (Fsp3) is 0.0625. The van der Waals surface area contributed by atoms with Crippen molar-refractivity contribution >= 4 is 34.1 Å². The van der Waals surface area contributed by atoms with Crippen molar-refractivity contribution in [3.63, 3.8) is 0 Å². The van der Waals surface area contributed by atoms with Crippen molar-refractivity contribution in [3.05, 3.63) is 72.2 Å². The van der Waals surface area contributed by atoms with Gasteiger partial charge in [0.1, 0.15) is 5.69 Å². The first-order valence-corrected chi connectivity index (χ1v) is 8.46. The van der Waals surface area contributed by atoms with Crippen LogP contribution in [0.3, 0.4) is 0 Å². The normalized spacial score (nSPS) is 10.4. The number of anilines is 1. The van der Waals surface area contributed by atoms with Gasteiger partial charge in [0.15, 0.2) is 5.13 Å². The highest BCUT2D eigenvalue weighted by molar-refractivity contribution is 8.00. The topological polar surface area (TPSA) is 54.9 Å². The molecule has 1 N–H and O–H groups in total. The first-order valence-electron chi connectivity index (χ1n) is 6.66. The number of amides is 1. The summed E-state index contributed by atoms with van der Waals surface area (Å²) >= 11 is 3.17. The molecular formula is C16H13N3OS2. The number of rotatable bonds is 5. The van der Waals surface area contributed by atoms with E-state index in [0.717, 1.165) is 9.96 Å². The summed E-state index contributed by atoms with van der Waals surface area (Å²) in [7, 11) is 0. The second-order valence-electron chi connectivity index (χ2n) is 4.43. The summed E-state index contributed by atoms with van der Waals surface area (Å²) in [6.45, 7) is 0. The van der Waals surface area contributed by atoms with Gasteiger partial charge >= 0.3 is 0 Å². The summed E-state index contributed by atoms with van der Waals surface area (Å²) in [5, 5.41) is 3.36. The van der Waals surface area contributed by atoms with E-state index in [1.165, 1.54) is 16.9 Å². The van der Waals surface area contributed by atoms with Crippen molar-refractivity contribution in [2.24, 2.45) is 0 Å². The van der Waals surface area contributed by atoms with Gasteiger partial charge in [0.05, 0.1) is 10.4 Å². The molecule has 2 aromatic heterocycles. The minimum atomic E-state index is -0.241. The average molecular weight is 327 g/mol. The third-order valence-corrected chi connectivity index (χ3v) is 5.00. The second-order valence-corrected chi connectivity index (χ2v) is 6.73. The molecule has 4 nitrogen and oxygen atoms in total. The Labute approximate surface area is 136 Å². The number of nitrogens with zero attached hydrogens (tertiary/aromatic N) is 2. The van der Waals surface area contributed by atoms with Crippen LogP contribution in [0.2, 0.25) is 0 Å². The molecule has 0 fully saturated rings. The van der Waals surface area contributed by atoms with Crippen LogP contribution >= 0.6 is 23.1 Å². The maximum Gasteiger partial charge on any atom is 0.276 e. The Morgan fingerprint density at radius 2 is 1.91 bits per heavy atom. The van der Waals surface area contributed by atoms with Gasteiger partial charge in [-0.3, -0.25) is 15.1 Å². The first-order chi connectivity index (χ1) is 10.8. The van der Waals surface area contributed by atoms with Gasteiger partial charge < -0.3 is 0 Å². The molecule has 22 heavy (non-hydrogen) atoms. The van der Waals surface area contributed by atoms with Gasteiger partial charge in [0, 0.05) is 11.9 Å². The highest BCUT2D eigenvalue weighted by Gasteiger charge is 2.10. The van der Waals surface area contributed by atoms with Crippen molar-refractivity contribution in [2.45, 2.75) is 9.96 Å². The van der Waals surface area contributed by atoms with Crippen molar-refractivity contribution in [2.75, 3.05) is 5.32 Å². The molecule has 2 heterocycles. The number of hydrogen-bond acceptors (Lipinski definition) is 5. The SMILES string of the molecule is O=C(Nc1ncc(SCc2ccccc2)s1)c1ccccn1. The van der Waals surface area contributed by atoms with E-state index in [-0.39, 0.29) is 5.91 Å². The number of thioether (sulfide) groups is 1. The number of nitrogens with one attached hydrogen (secondary N) is 1. The molecule has 0 aliphatic carbocycles. The molecule has 3 rings (SSSR count). The first kappa shape index (κ1) is 14.7. The fourth-order valence-corrected chi connectivity index (χ4v) is 3.59. The lowest BCUT2D eigenvalue weighted by atomic mass is 10.2. The fourth-order valence-electron chi connectivity index (χ4n) is 1.77. The Balaban J connectivity index is 1.58. The zero-order valence-electron chi connectivity index (χ0n) is 11.6. The van der Waals surface area contributed by atoms with Gasteiger partial charge in [0.2, 0.25) is 0 Å². The lowest BCUT2D eigenvalue weighted by Gasteiger charge is -2.00. The molecule has 1 aromatic carbocycles. The van der Waals surface area contributed by atoms with Crippen LogP contribution in [0, 0.1) is 0 Å². The Morgan fingerprint density at radius 1 is 1.09 bits per heavy atom. The quantitative estimate of drug-likeness (QED) is 0.717. The predicted octanol–water partition coefficient (Wildman–Crippen LogP) is 4.08. The van der Waals surface area contributed by atoms with Crippen LogP contribution in [0.1, 0.15) is 16.1 Å². The van der Waals surface area contributed by atoms with E-state index in [9.17, 15) is 4.79 Å². The van der Waals surface area contributed by atoms with Gasteiger partial charge in [-0.1, -0.05) is 47.7 Å². The molecule has 6 heteroatoms. The molecule has 0 aliphatic heterocycles. The number of thiazole rings is 1. The molecule has 0 radical (unpaired) electrons. The molecule has 0 atom stereocenters. The predicted molar refractivity (Wildman–Crippen MR) is 90.3 cm³/mol. The summed E-state index contributed by atoms with van der Waals surface area (Å²) < 4.78 is 1.07. The van der Waals surface area contributed by atoms with Crippen LogP contribution in [0.15, 0.2) is 65.1 Å². The van der Waals surface area contributed by atoms with Crippen LogP contribution < -0.4 is 5.32 Å². The molecule has 3 aromatic rings. The van der Waals surface area contributed by atoms with E-state index in [1.807, 2.05) is 18.2 Å². The van der Waals surface area contributed by atoms with Gasteiger partial charge in [0.25, 0.3) is 5.91 Å². The van der Waals surface area contributed by atoms with Gasteiger partial charge in [-0.2, -0.15) is 0 Å². The number of aromatic nitrogens is 2. The number of carbonyl (C=O) groups excluding carboxylic acids is 1. The Bertz CT molecular complexity index is 744. The summed E-state index contributed by atoms with van der Waals surface area (Å²) in [6, 6.07) is 15.5. The molecule has 0 unspecified atom stereocenters. The molecule has 0 spiro atoms. The van der Waals surface area contributed by atoms with Crippen LogP contribution in [-0.2, 0) is 5.75 Å². The summed E-state index contributed by atoms with van der Waals surface area (Å²) in [6.07, 6.45) is 3.38. The van der Waals surface area contributed by atoms with Crippen LogP contribution in [0.5, 0.6) is 0 Å². The van der Waals surface area contributed by atoms with E-state index < -0.39 is 0 Å². The molecule has 0 bridgehead atoms. The lowest BCUT2D eigenvalue weighted by Crippen LogP contribution is -2.12. The zero-order chi connectivity index (χ0) is 15.2. The van der Waals surface area contributed by atoms with Crippen molar-refractivity contribution < 1.29 is 4.79 Å². The number of carbonyl (C=O) groups is 1. The van der Waals surface area contributed by atoms with Crippen LogP contribution in [-0.4, -0.2) is 15.9 Å². The molecule has 1 amide bonds. The Morgan fingerprint density at radius 3 is 2.68 bits per heavy atom. The van der Waals surface area contributed by atoms with Gasteiger partial charge in [-0.15, -0.1) is 11.8 Å². The van der Waals surface area contributed by atoms with E-state index in [2.05, 4.69) is 27.4 Å². The van der Waals surface area contributed by atoms with Crippen LogP contribution in [0.4, 0.5) is 5.13 Å². The summed E-state index contributed by atoms with van der Waals surface area (Å²) in [4.78, 5) is 20.2. The van der Waals surface area contributed by atoms with E-state index in [1.54, 1.807) is 42.4 Å². The van der Waals surface area contributed by atoms with E-state index >= 15 is 0 Å². The minimum Gasteiger partial charge on any atom is -0.296 e.